The zero-order valence-electron chi connectivity index (χ0n) is 43.1. The molecule has 0 saturated carbocycles. The Kier molecular flexibility index (Phi) is 15.5. The number of allylic oxidation sites excluding steroid dienone is 2. The summed E-state index contributed by atoms with van der Waals surface area (Å²) in [6.45, 7) is 26.5. The molecule has 358 valence electrons. The Bertz CT molecular complexity index is 2760. The van der Waals surface area contributed by atoms with Crippen LogP contribution in [0.4, 0.5) is 0 Å². The first kappa shape index (κ1) is 49.9. The van der Waals surface area contributed by atoms with E-state index in [9.17, 15) is 10.2 Å². The summed E-state index contributed by atoms with van der Waals surface area (Å²) in [5.41, 5.74) is 19.8. The fourth-order valence-electron chi connectivity index (χ4n) is 9.75. The average Bonchev–Trinajstić information content (AvgIpc) is 3.98. The maximum Gasteiger partial charge on any atom is 0.124 e. The number of aryl methyl sites for hydroxylation is 4. The summed E-state index contributed by atoms with van der Waals surface area (Å²) in [5.74, 6) is 0.294. The minimum atomic E-state index is -0.138. The van der Waals surface area contributed by atoms with Crippen molar-refractivity contribution in [2.45, 2.75) is 171 Å². The van der Waals surface area contributed by atoms with Gasteiger partial charge >= 0.3 is 0 Å². The standard InChI is InChI=1S/C60H76N6O2/c1-13-19-41-42(20-14-2)48-32-50-44(22-16-4)46(24-18-6)52(65-50)34-54-58(62-36-38-30-40(60(10,11)12)26-28-56(38)68)57(61-35-37-29-39(59(7,8)9)25-27-55(37)67)53(66-54)33-51-45(23-17-5)43(21-15-3)49(64-51)31-47(41)63-48/h25-36,64-65,67-68H,13-24H2,1-12H3. The molecule has 7 rings (SSSR count). The van der Waals surface area contributed by atoms with Crippen molar-refractivity contribution in [2.75, 3.05) is 0 Å². The molecule has 2 aromatic carbocycles. The van der Waals surface area contributed by atoms with Crippen LogP contribution in [0.3, 0.4) is 0 Å². The number of nitrogens with one attached hydrogen (secondary N) is 2. The molecule has 2 aliphatic rings. The Morgan fingerprint density at radius 2 is 0.750 bits per heavy atom. The number of aromatic amines is 2. The quantitative estimate of drug-likeness (QED) is 0.0736. The minimum absolute atomic E-state index is 0.138. The molecule has 0 fully saturated rings. The molecule has 8 heteroatoms. The first-order chi connectivity index (χ1) is 32.5. The zero-order valence-corrected chi connectivity index (χ0v) is 43.1. The molecule has 0 unspecified atom stereocenters. The molecule has 68 heavy (non-hydrogen) atoms. The van der Waals surface area contributed by atoms with Crippen molar-refractivity contribution in [2.24, 2.45) is 9.98 Å². The largest absolute Gasteiger partial charge is 0.507 e. The second kappa shape index (κ2) is 21.1. The third-order valence-electron chi connectivity index (χ3n) is 13.3. The third kappa shape index (κ3) is 10.6. The van der Waals surface area contributed by atoms with E-state index in [0.29, 0.717) is 33.9 Å². The van der Waals surface area contributed by atoms with Gasteiger partial charge in [0.25, 0.3) is 0 Å². The van der Waals surface area contributed by atoms with Crippen molar-refractivity contribution in [3.05, 3.63) is 128 Å². The van der Waals surface area contributed by atoms with Crippen LogP contribution in [0.1, 0.15) is 202 Å². The number of fused-ring (bicyclic) bond motifs is 8. The van der Waals surface area contributed by atoms with Crippen molar-refractivity contribution in [1.82, 2.24) is 19.9 Å². The summed E-state index contributed by atoms with van der Waals surface area (Å²) in [5, 5.41) is 22.5. The van der Waals surface area contributed by atoms with Gasteiger partial charge < -0.3 is 20.2 Å². The second-order valence-corrected chi connectivity index (χ2v) is 20.9. The van der Waals surface area contributed by atoms with Gasteiger partial charge in [0, 0.05) is 45.6 Å². The molecule has 0 spiro atoms. The van der Waals surface area contributed by atoms with Gasteiger partial charge in [0.15, 0.2) is 0 Å². The van der Waals surface area contributed by atoms with E-state index in [0.717, 1.165) is 122 Å². The van der Waals surface area contributed by atoms with Crippen LogP contribution >= 0.6 is 0 Å². The lowest BCUT2D eigenvalue weighted by Gasteiger charge is -2.19. The zero-order chi connectivity index (χ0) is 48.9. The molecular weight excluding hydrogens is 837 g/mol. The van der Waals surface area contributed by atoms with Crippen molar-refractivity contribution in [3.63, 3.8) is 0 Å². The molecule has 8 nitrogen and oxygen atoms in total. The molecular formula is C60H76N6O2. The molecule has 3 aromatic heterocycles. The number of H-pyrrole nitrogens is 2. The highest BCUT2D eigenvalue weighted by Crippen LogP contribution is 2.40. The van der Waals surface area contributed by atoms with Crippen LogP contribution in [0.2, 0.25) is 0 Å². The van der Waals surface area contributed by atoms with Crippen molar-refractivity contribution in [3.8, 4) is 11.5 Å². The van der Waals surface area contributed by atoms with Crippen molar-refractivity contribution < 1.29 is 10.2 Å². The summed E-state index contributed by atoms with van der Waals surface area (Å²) < 4.78 is 0. The van der Waals surface area contributed by atoms with E-state index in [1.54, 1.807) is 24.6 Å². The van der Waals surface area contributed by atoms with Gasteiger partial charge in [0.1, 0.15) is 22.9 Å². The van der Waals surface area contributed by atoms with Crippen LogP contribution in [0, 0.1) is 0 Å². The number of benzene rings is 2. The van der Waals surface area contributed by atoms with E-state index in [2.05, 4.69) is 117 Å². The lowest BCUT2D eigenvalue weighted by molar-refractivity contribution is 0.472. The Morgan fingerprint density at radius 3 is 1.06 bits per heavy atom. The number of rotatable bonds is 16. The highest BCUT2D eigenvalue weighted by molar-refractivity contribution is 6.01. The molecule has 0 aliphatic carbocycles. The van der Waals surface area contributed by atoms with Crippen LogP contribution in [0.25, 0.3) is 44.6 Å². The second-order valence-electron chi connectivity index (χ2n) is 20.9. The van der Waals surface area contributed by atoms with E-state index >= 15 is 0 Å². The van der Waals surface area contributed by atoms with Crippen LogP contribution < -0.4 is 0 Å². The monoisotopic (exact) mass is 913 g/mol. The number of hydrogen-bond acceptors (Lipinski definition) is 6. The van der Waals surface area contributed by atoms with Gasteiger partial charge in [-0.1, -0.05) is 134 Å². The Morgan fingerprint density at radius 1 is 0.441 bits per heavy atom. The van der Waals surface area contributed by atoms with Crippen LogP contribution in [0.15, 0.2) is 70.6 Å². The van der Waals surface area contributed by atoms with Gasteiger partial charge in [0.05, 0.1) is 22.8 Å². The van der Waals surface area contributed by atoms with Crippen LogP contribution in [0.5, 0.6) is 11.5 Å². The number of aromatic nitrogens is 4. The van der Waals surface area contributed by atoms with Crippen LogP contribution in [-0.4, -0.2) is 42.6 Å². The molecule has 0 saturated heterocycles. The molecule has 5 aromatic rings. The lowest BCUT2D eigenvalue weighted by atomic mass is 9.86. The molecule has 0 radical (unpaired) electrons. The smallest absolute Gasteiger partial charge is 0.124 e. The summed E-state index contributed by atoms with van der Waals surface area (Å²) >= 11 is 0. The fraction of sp³-hybridized carbons (Fsp3) is 0.433. The number of aromatic hydroxyl groups is 2. The van der Waals surface area contributed by atoms with Gasteiger partial charge in [-0.05, 0) is 142 Å². The maximum atomic E-state index is 11.3. The Balaban J connectivity index is 1.67. The van der Waals surface area contributed by atoms with Gasteiger partial charge in [-0.15, -0.1) is 0 Å². The fourth-order valence-corrected chi connectivity index (χ4v) is 9.75. The van der Waals surface area contributed by atoms with Crippen molar-refractivity contribution in [1.29, 1.82) is 0 Å². The topological polar surface area (TPSA) is 123 Å². The number of phenolic OH excluding ortho intramolecular Hbond substituents is 2. The Labute approximate surface area is 406 Å². The highest BCUT2D eigenvalue weighted by Gasteiger charge is 2.25. The summed E-state index contributed by atoms with van der Waals surface area (Å²) in [7, 11) is 0. The molecule has 5 heterocycles. The first-order valence-electron chi connectivity index (χ1n) is 25.5. The van der Waals surface area contributed by atoms with E-state index in [1.807, 2.05) is 24.3 Å². The maximum absolute atomic E-state index is 11.3. The SMILES string of the molecule is CCCC1=C(CCC)c2cc3[nH]c(cc4nc(cc5[nH]c(cc1n2)c(CCC)c5CCC)C(N=Cc1cc(C(C)(C)C)ccc1O)=C4N=Cc1cc(C(C)(C)C)ccc1O)c(CCC)c3CCC. The minimum Gasteiger partial charge on any atom is -0.507 e. The average molecular weight is 913 g/mol. The number of hydrogen-bond donors (Lipinski definition) is 4. The lowest BCUT2D eigenvalue weighted by Crippen LogP contribution is -2.11. The molecule has 4 N–H and O–H groups in total. The highest BCUT2D eigenvalue weighted by atomic mass is 16.3. The number of phenols is 2. The number of nitrogens with zero attached hydrogens (tertiary/aromatic N) is 4. The van der Waals surface area contributed by atoms with E-state index in [1.165, 1.54) is 33.4 Å². The third-order valence-corrected chi connectivity index (χ3v) is 13.3. The Hall–Kier alpha value is -6.02. The van der Waals surface area contributed by atoms with E-state index < -0.39 is 0 Å². The van der Waals surface area contributed by atoms with Gasteiger partial charge in [-0.3, -0.25) is 9.98 Å². The molecule has 0 amide bonds. The van der Waals surface area contributed by atoms with Gasteiger partial charge in [-0.2, -0.15) is 0 Å². The van der Waals surface area contributed by atoms with E-state index in [-0.39, 0.29) is 22.3 Å². The first-order valence-corrected chi connectivity index (χ1v) is 25.5. The predicted molar refractivity (Wildman–Crippen MR) is 289 cm³/mol. The summed E-state index contributed by atoms with van der Waals surface area (Å²) in [6, 6.07) is 20.4. The van der Waals surface area contributed by atoms with Crippen LogP contribution in [-0.2, 0) is 36.5 Å². The molecule has 2 aliphatic heterocycles. The molecule has 0 atom stereocenters. The summed E-state index contributed by atoms with van der Waals surface area (Å²) in [4.78, 5) is 29.4. The van der Waals surface area contributed by atoms with Gasteiger partial charge in [0.2, 0.25) is 0 Å². The summed E-state index contributed by atoms with van der Waals surface area (Å²) in [6.07, 6.45) is 15.1. The van der Waals surface area contributed by atoms with Gasteiger partial charge in [-0.25, -0.2) is 9.97 Å². The predicted octanol–water partition coefficient (Wildman–Crippen LogP) is 15.7. The number of aliphatic imine (C=N–C) groups is 2. The molecule has 8 bridgehead atoms. The van der Waals surface area contributed by atoms with E-state index in [4.69, 9.17) is 20.0 Å². The normalized spacial score (nSPS) is 13.6. The van der Waals surface area contributed by atoms with Crippen molar-refractivity contribution >= 4 is 57.0 Å².